The van der Waals surface area contributed by atoms with Gasteiger partial charge in [0.05, 0.1) is 12.8 Å². The van der Waals surface area contributed by atoms with Crippen LogP contribution in [0.25, 0.3) is 0 Å². The first-order valence-electron chi connectivity index (χ1n) is 11.3. The SMILES string of the molecule is NC1=N[C@](CF)(c2cc(NC(=O)c3ccc(OCC4CC4)cn3)ccc2F)[C@H]2CC(F)(F)C[C@H]2O1. The number of halogens is 4. The van der Waals surface area contributed by atoms with Crippen molar-refractivity contribution in [1.82, 2.24) is 4.98 Å². The van der Waals surface area contributed by atoms with Gasteiger partial charge in [0.25, 0.3) is 17.9 Å². The molecule has 0 spiro atoms. The minimum atomic E-state index is -3.13. The number of pyridine rings is 1. The second-order valence-electron chi connectivity index (χ2n) is 9.32. The summed E-state index contributed by atoms with van der Waals surface area (Å²) in [6, 6.07) is 6.12. The minimum Gasteiger partial charge on any atom is -0.492 e. The number of aliphatic imine (C=N–C) groups is 1. The van der Waals surface area contributed by atoms with E-state index in [9.17, 15) is 22.4 Å². The van der Waals surface area contributed by atoms with Crippen molar-refractivity contribution in [1.29, 1.82) is 0 Å². The van der Waals surface area contributed by atoms with E-state index in [1.807, 2.05) is 0 Å². The lowest BCUT2D eigenvalue weighted by atomic mass is 9.76. The summed E-state index contributed by atoms with van der Waals surface area (Å²) >= 11 is 0. The van der Waals surface area contributed by atoms with E-state index >= 15 is 0 Å². The number of aromatic nitrogens is 1. The highest BCUT2D eigenvalue weighted by Gasteiger charge is 2.60. The molecule has 2 fully saturated rings. The van der Waals surface area contributed by atoms with Gasteiger partial charge in [-0.15, -0.1) is 0 Å². The molecule has 11 heteroatoms. The Kier molecular flexibility index (Phi) is 5.80. The Balaban J connectivity index is 1.39. The third-order valence-corrected chi connectivity index (χ3v) is 6.71. The summed E-state index contributed by atoms with van der Waals surface area (Å²) in [4.78, 5) is 20.8. The molecule has 1 aliphatic heterocycles. The van der Waals surface area contributed by atoms with Gasteiger partial charge in [-0.05, 0) is 49.1 Å². The molecule has 7 nitrogen and oxygen atoms in total. The maximum atomic E-state index is 15.0. The Morgan fingerprint density at radius 2 is 2.03 bits per heavy atom. The molecule has 2 heterocycles. The van der Waals surface area contributed by atoms with Crippen molar-refractivity contribution < 1.29 is 31.8 Å². The number of amides is 1. The third kappa shape index (κ3) is 4.63. The summed E-state index contributed by atoms with van der Waals surface area (Å²) in [6.07, 6.45) is 1.22. The average molecular weight is 492 g/mol. The first kappa shape index (κ1) is 23.4. The van der Waals surface area contributed by atoms with Crippen LogP contribution < -0.4 is 15.8 Å². The molecule has 5 rings (SSSR count). The van der Waals surface area contributed by atoms with Gasteiger partial charge in [0.15, 0.2) is 0 Å². The van der Waals surface area contributed by atoms with Gasteiger partial charge in [0.1, 0.15) is 35.6 Å². The van der Waals surface area contributed by atoms with Crippen molar-refractivity contribution >= 4 is 17.6 Å². The van der Waals surface area contributed by atoms with Gasteiger partial charge in [-0.3, -0.25) is 4.79 Å². The van der Waals surface area contributed by atoms with E-state index in [2.05, 4.69) is 15.3 Å². The lowest BCUT2D eigenvalue weighted by molar-refractivity contribution is -0.00299. The van der Waals surface area contributed by atoms with E-state index in [1.54, 1.807) is 6.07 Å². The third-order valence-electron chi connectivity index (χ3n) is 6.71. The average Bonchev–Trinajstić information content (AvgIpc) is 3.59. The molecule has 1 aromatic heterocycles. The minimum absolute atomic E-state index is 0.0821. The van der Waals surface area contributed by atoms with Crippen molar-refractivity contribution in [3.63, 3.8) is 0 Å². The summed E-state index contributed by atoms with van der Waals surface area (Å²) in [5, 5.41) is 2.58. The highest BCUT2D eigenvalue weighted by Crippen LogP contribution is 2.53. The number of alkyl halides is 3. The number of carbonyl (C=O) groups is 1. The maximum absolute atomic E-state index is 15.0. The predicted molar refractivity (Wildman–Crippen MR) is 119 cm³/mol. The number of nitrogens with two attached hydrogens (primary N) is 1. The van der Waals surface area contributed by atoms with Crippen molar-refractivity contribution in [3.05, 3.63) is 53.6 Å². The van der Waals surface area contributed by atoms with E-state index in [0.717, 1.165) is 18.9 Å². The van der Waals surface area contributed by atoms with Crippen LogP contribution in [-0.4, -0.2) is 42.2 Å². The summed E-state index contributed by atoms with van der Waals surface area (Å²) in [5.74, 6) is -4.60. The Bertz CT molecular complexity index is 1160. The highest BCUT2D eigenvalue weighted by molar-refractivity contribution is 6.02. The fourth-order valence-electron chi connectivity index (χ4n) is 4.72. The van der Waals surface area contributed by atoms with Crippen molar-refractivity contribution in [2.75, 3.05) is 18.6 Å². The van der Waals surface area contributed by atoms with E-state index < -0.39 is 60.7 Å². The van der Waals surface area contributed by atoms with Crippen LogP contribution in [0.4, 0.5) is 23.2 Å². The summed E-state index contributed by atoms with van der Waals surface area (Å²) in [7, 11) is 0. The molecule has 186 valence electrons. The number of benzene rings is 1. The molecular formula is C24H24F4N4O3. The molecule has 3 atom stereocenters. The van der Waals surface area contributed by atoms with Crippen LogP contribution in [0.5, 0.6) is 5.75 Å². The van der Waals surface area contributed by atoms with Gasteiger partial charge in [0, 0.05) is 30.0 Å². The van der Waals surface area contributed by atoms with Crippen LogP contribution in [0.15, 0.2) is 41.5 Å². The van der Waals surface area contributed by atoms with Crippen LogP contribution in [0.2, 0.25) is 0 Å². The van der Waals surface area contributed by atoms with Crippen LogP contribution in [-0.2, 0) is 10.3 Å². The van der Waals surface area contributed by atoms with Crippen LogP contribution in [0.1, 0.15) is 41.7 Å². The van der Waals surface area contributed by atoms with Gasteiger partial charge in [-0.2, -0.15) is 0 Å². The molecule has 2 aliphatic carbocycles. The Hall–Kier alpha value is -3.37. The summed E-state index contributed by atoms with van der Waals surface area (Å²) in [5.41, 5.74) is 3.59. The van der Waals surface area contributed by atoms with E-state index in [4.69, 9.17) is 15.2 Å². The molecule has 0 saturated heterocycles. The zero-order valence-corrected chi connectivity index (χ0v) is 18.6. The highest BCUT2D eigenvalue weighted by atomic mass is 19.3. The van der Waals surface area contributed by atoms with E-state index in [-0.39, 0.29) is 16.9 Å². The van der Waals surface area contributed by atoms with Gasteiger partial charge in [-0.25, -0.2) is 27.5 Å². The van der Waals surface area contributed by atoms with Gasteiger partial charge >= 0.3 is 0 Å². The number of anilines is 1. The lowest BCUT2D eigenvalue weighted by Gasteiger charge is -2.40. The van der Waals surface area contributed by atoms with Gasteiger partial charge in [0.2, 0.25) is 0 Å². The van der Waals surface area contributed by atoms with Gasteiger partial charge < -0.3 is 20.5 Å². The Labute approximate surface area is 198 Å². The smallest absolute Gasteiger partial charge is 0.283 e. The standard InChI is InChI=1S/C24H24F4N4O3/c25-12-24(17-8-23(27,28)9-20(17)35-22(29)32-24)16-7-14(3-5-18(16)26)31-21(33)19-6-4-15(10-30-19)34-11-13-1-2-13/h3-7,10,13,17,20H,1-2,8-9,11-12H2,(H2,29,32)(H,31,33)/t17-,20+,24+/m0/s1. The maximum Gasteiger partial charge on any atom is 0.283 e. The van der Waals surface area contributed by atoms with Crippen LogP contribution in [0.3, 0.4) is 0 Å². The molecule has 0 unspecified atom stereocenters. The largest absolute Gasteiger partial charge is 0.492 e. The number of nitrogens with zero attached hydrogens (tertiary/aromatic N) is 2. The van der Waals surface area contributed by atoms with Crippen LogP contribution in [0, 0.1) is 17.7 Å². The fraction of sp³-hybridized carbons (Fsp3) is 0.458. The number of hydrogen-bond donors (Lipinski definition) is 2. The van der Waals surface area contributed by atoms with Crippen molar-refractivity contribution in [2.45, 2.75) is 43.2 Å². The molecule has 3 N–H and O–H groups in total. The molecule has 0 bridgehead atoms. The second-order valence-corrected chi connectivity index (χ2v) is 9.32. The molecular weight excluding hydrogens is 468 g/mol. The fourth-order valence-corrected chi connectivity index (χ4v) is 4.72. The van der Waals surface area contributed by atoms with Crippen molar-refractivity contribution in [2.24, 2.45) is 22.6 Å². The summed E-state index contributed by atoms with van der Waals surface area (Å²) < 4.78 is 68.7. The first-order valence-corrected chi connectivity index (χ1v) is 11.3. The zero-order chi connectivity index (χ0) is 24.8. The molecule has 3 aliphatic rings. The number of hydrogen-bond acceptors (Lipinski definition) is 6. The number of amidine groups is 1. The molecule has 1 amide bonds. The van der Waals surface area contributed by atoms with E-state index in [0.29, 0.717) is 18.3 Å². The Morgan fingerprint density at radius 1 is 1.23 bits per heavy atom. The monoisotopic (exact) mass is 492 g/mol. The topological polar surface area (TPSA) is 98.8 Å². The van der Waals surface area contributed by atoms with Crippen LogP contribution >= 0.6 is 0 Å². The van der Waals surface area contributed by atoms with Gasteiger partial charge in [-0.1, -0.05) is 0 Å². The molecule has 1 aromatic carbocycles. The molecule has 2 aromatic rings. The number of rotatable bonds is 7. The number of carbonyl (C=O) groups excluding carboxylic acids is 1. The molecule has 35 heavy (non-hydrogen) atoms. The predicted octanol–water partition coefficient (Wildman–Crippen LogP) is 4.19. The number of fused-ring (bicyclic) bond motifs is 1. The molecule has 0 radical (unpaired) electrons. The number of nitrogens with one attached hydrogen (secondary N) is 1. The van der Waals surface area contributed by atoms with E-state index in [1.165, 1.54) is 24.4 Å². The number of ether oxygens (including phenoxy) is 2. The normalized spacial score (nSPS) is 26.9. The van der Waals surface area contributed by atoms with Crippen molar-refractivity contribution in [3.8, 4) is 5.75 Å². The summed E-state index contributed by atoms with van der Waals surface area (Å²) in [6.45, 7) is -0.666. The Morgan fingerprint density at radius 3 is 2.71 bits per heavy atom. The second kappa shape index (κ2) is 8.69. The quantitative estimate of drug-likeness (QED) is 0.565. The zero-order valence-electron chi connectivity index (χ0n) is 18.6. The lowest BCUT2D eigenvalue weighted by Crippen LogP contribution is -2.48. The molecule has 2 saturated carbocycles. The first-order chi connectivity index (χ1) is 16.7.